The number of anilines is 1. The Balaban J connectivity index is 1.61. The van der Waals surface area contributed by atoms with Gasteiger partial charge in [-0.2, -0.15) is 0 Å². The number of rotatable bonds is 8. The maximum atomic E-state index is 12.7. The maximum Gasteiger partial charge on any atom is 0.249 e. The van der Waals surface area contributed by atoms with Crippen LogP contribution in [0.3, 0.4) is 0 Å². The van der Waals surface area contributed by atoms with Gasteiger partial charge in [-0.15, -0.1) is 10.2 Å². The average molecular weight is 456 g/mol. The molecule has 1 unspecified atom stereocenters. The second-order valence-corrected chi connectivity index (χ2v) is 10.1. The van der Waals surface area contributed by atoms with Gasteiger partial charge in [0.25, 0.3) is 0 Å². The standard InChI is InChI=1S/C24H33N5O2S/c1-24(2,3)22-28-29-23(32-22)27-20(30)15-14-18(13-12-17-9-5-4-6-10-17)26-21(31)19-11-7-8-16-25-19/h4-6,9-10,14-15,18-19,25H,7-8,11-13,16H2,1-3H3,(H,26,31)(H,27,29,30)/b15-14+/t18-,19?/m0/s1. The lowest BCUT2D eigenvalue weighted by Crippen LogP contribution is -2.49. The number of hydrogen-bond donors (Lipinski definition) is 3. The van der Waals surface area contributed by atoms with Gasteiger partial charge in [0.2, 0.25) is 16.9 Å². The van der Waals surface area contributed by atoms with Crippen LogP contribution in [-0.4, -0.2) is 40.6 Å². The molecule has 0 radical (unpaired) electrons. The number of piperidine rings is 1. The molecule has 2 amide bonds. The third-order valence-electron chi connectivity index (χ3n) is 5.32. The monoisotopic (exact) mass is 455 g/mol. The van der Waals surface area contributed by atoms with Crippen LogP contribution in [0.2, 0.25) is 0 Å². The highest BCUT2D eigenvalue weighted by atomic mass is 32.1. The molecule has 1 saturated heterocycles. The summed E-state index contributed by atoms with van der Waals surface area (Å²) >= 11 is 1.37. The van der Waals surface area contributed by atoms with Gasteiger partial charge in [-0.25, -0.2) is 0 Å². The summed E-state index contributed by atoms with van der Waals surface area (Å²) in [6, 6.07) is 9.73. The molecule has 1 aliphatic heterocycles. The van der Waals surface area contributed by atoms with Crippen molar-refractivity contribution in [1.82, 2.24) is 20.8 Å². The molecule has 3 N–H and O–H groups in total. The van der Waals surface area contributed by atoms with E-state index in [2.05, 4.69) is 59.1 Å². The van der Waals surface area contributed by atoms with Gasteiger partial charge in [-0.05, 0) is 37.8 Å². The highest BCUT2D eigenvalue weighted by molar-refractivity contribution is 7.15. The number of aryl methyl sites for hydroxylation is 1. The molecule has 1 aromatic carbocycles. The largest absolute Gasteiger partial charge is 0.349 e. The normalized spacial score (nSPS) is 17.8. The van der Waals surface area contributed by atoms with E-state index in [4.69, 9.17) is 0 Å². The number of hydrogen-bond acceptors (Lipinski definition) is 6. The van der Waals surface area contributed by atoms with E-state index in [0.717, 1.165) is 37.2 Å². The number of nitrogens with zero attached hydrogens (tertiary/aromatic N) is 2. The van der Waals surface area contributed by atoms with Crippen molar-refractivity contribution in [2.45, 2.75) is 70.4 Å². The van der Waals surface area contributed by atoms with Gasteiger partial charge in [0.15, 0.2) is 0 Å². The van der Waals surface area contributed by atoms with Gasteiger partial charge >= 0.3 is 0 Å². The molecule has 32 heavy (non-hydrogen) atoms. The second kappa shape index (κ2) is 11.3. The van der Waals surface area contributed by atoms with Gasteiger partial charge in [-0.1, -0.05) is 74.9 Å². The topological polar surface area (TPSA) is 96.0 Å². The van der Waals surface area contributed by atoms with Crippen molar-refractivity contribution in [2.75, 3.05) is 11.9 Å². The van der Waals surface area contributed by atoms with Crippen LogP contribution in [0.1, 0.15) is 57.0 Å². The van der Waals surface area contributed by atoms with E-state index in [0.29, 0.717) is 11.6 Å². The second-order valence-electron chi connectivity index (χ2n) is 9.15. The van der Waals surface area contributed by atoms with Gasteiger partial charge in [-0.3, -0.25) is 14.9 Å². The van der Waals surface area contributed by atoms with Gasteiger partial charge in [0.05, 0.1) is 6.04 Å². The Morgan fingerprint density at radius 3 is 2.66 bits per heavy atom. The molecule has 1 aromatic heterocycles. The van der Waals surface area contributed by atoms with Crippen molar-refractivity contribution in [2.24, 2.45) is 0 Å². The maximum absolute atomic E-state index is 12.7. The van der Waals surface area contributed by atoms with Crippen molar-refractivity contribution in [1.29, 1.82) is 0 Å². The van der Waals surface area contributed by atoms with E-state index in [9.17, 15) is 9.59 Å². The summed E-state index contributed by atoms with van der Waals surface area (Å²) in [4.78, 5) is 25.2. The zero-order valence-electron chi connectivity index (χ0n) is 19.1. The van der Waals surface area contributed by atoms with E-state index in [1.807, 2.05) is 18.2 Å². The molecule has 172 valence electrons. The van der Waals surface area contributed by atoms with Crippen molar-refractivity contribution in [3.63, 3.8) is 0 Å². The van der Waals surface area contributed by atoms with Crippen LogP contribution in [-0.2, 0) is 21.4 Å². The Bertz CT molecular complexity index is 914. The van der Waals surface area contributed by atoms with Gasteiger partial charge < -0.3 is 10.6 Å². The fraction of sp³-hybridized carbons (Fsp3) is 0.500. The zero-order chi connectivity index (χ0) is 23.0. The molecule has 0 spiro atoms. The highest BCUT2D eigenvalue weighted by Crippen LogP contribution is 2.27. The first-order valence-corrected chi connectivity index (χ1v) is 12.0. The van der Waals surface area contributed by atoms with Gasteiger partial charge in [0, 0.05) is 17.5 Å². The number of benzene rings is 1. The Labute approximate surface area is 194 Å². The first kappa shape index (κ1) is 24.1. The summed E-state index contributed by atoms with van der Waals surface area (Å²) in [7, 11) is 0. The molecule has 2 heterocycles. The molecule has 7 nitrogen and oxygen atoms in total. The molecule has 1 aliphatic rings. The Morgan fingerprint density at radius 2 is 2.00 bits per heavy atom. The fourth-order valence-corrected chi connectivity index (χ4v) is 4.27. The average Bonchev–Trinajstić information content (AvgIpc) is 3.26. The number of carbonyl (C=O) groups excluding carboxylic acids is 2. The third-order valence-corrected chi connectivity index (χ3v) is 6.58. The summed E-state index contributed by atoms with van der Waals surface area (Å²) in [5.74, 6) is -0.289. The third kappa shape index (κ3) is 7.53. The molecular formula is C24H33N5O2S. The Morgan fingerprint density at radius 1 is 1.22 bits per heavy atom. The first-order chi connectivity index (χ1) is 15.3. The van der Waals surface area contributed by atoms with E-state index in [1.54, 1.807) is 6.08 Å². The van der Waals surface area contributed by atoms with Gasteiger partial charge in [0.1, 0.15) is 5.01 Å². The van der Waals surface area contributed by atoms with Crippen molar-refractivity contribution in [3.8, 4) is 0 Å². The summed E-state index contributed by atoms with van der Waals surface area (Å²) in [6.45, 7) is 7.03. The molecule has 3 rings (SSSR count). The van der Waals surface area contributed by atoms with Crippen LogP contribution in [0.5, 0.6) is 0 Å². The molecule has 0 bridgehead atoms. The van der Waals surface area contributed by atoms with Crippen LogP contribution in [0.4, 0.5) is 5.13 Å². The molecule has 2 aromatic rings. The zero-order valence-corrected chi connectivity index (χ0v) is 19.9. The van der Waals surface area contributed by atoms with Crippen molar-refractivity contribution < 1.29 is 9.59 Å². The van der Waals surface area contributed by atoms with Crippen molar-refractivity contribution >= 4 is 28.3 Å². The van der Waals surface area contributed by atoms with Crippen LogP contribution in [0.15, 0.2) is 42.5 Å². The molecular weight excluding hydrogens is 422 g/mol. The van der Waals surface area contributed by atoms with E-state index >= 15 is 0 Å². The first-order valence-electron chi connectivity index (χ1n) is 11.2. The summed E-state index contributed by atoms with van der Waals surface area (Å²) in [6.07, 6.45) is 7.75. The highest BCUT2D eigenvalue weighted by Gasteiger charge is 2.22. The van der Waals surface area contributed by atoms with Crippen LogP contribution >= 0.6 is 11.3 Å². The molecule has 8 heteroatoms. The quantitative estimate of drug-likeness (QED) is 0.529. The minimum absolute atomic E-state index is 0.00763. The molecule has 0 saturated carbocycles. The predicted octanol–water partition coefficient (Wildman–Crippen LogP) is 3.59. The number of nitrogens with one attached hydrogen (secondary N) is 3. The molecule has 1 fully saturated rings. The lowest BCUT2D eigenvalue weighted by atomic mass is 9.98. The molecule has 2 atom stereocenters. The van der Waals surface area contributed by atoms with Crippen LogP contribution in [0.25, 0.3) is 0 Å². The number of aromatic nitrogens is 2. The lowest BCUT2D eigenvalue weighted by Gasteiger charge is -2.25. The Hall–Kier alpha value is -2.58. The number of amides is 2. The summed E-state index contributed by atoms with van der Waals surface area (Å²) in [5.41, 5.74) is 1.08. The number of carbonyl (C=O) groups is 2. The SMILES string of the molecule is CC(C)(C)c1nnc(NC(=O)/C=C/[C@H](CCc2ccccc2)NC(=O)C2CCCCN2)s1. The van der Waals surface area contributed by atoms with E-state index < -0.39 is 0 Å². The smallest absolute Gasteiger partial charge is 0.249 e. The van der Waals surface area contributed by atoms with E-state index in [-0.39, 0.29) is 29.3 Å². The Kier molecular flexibility index (Phi) is 8.53. The van der Waals surface area contributed by atoms with Crippen LogP contribution in [0, 0.1) is 0 Å². The predicted molar refractivity (Wildman–Crippen MR) is 129 cm³/mol. The lowest BCUT2D eigenvalue weighted by molar-refractivity contribution is -0.124. The van der Waals surface area contributed by atoms with Crippen molar-refractivity contribution in [3.05, 3.63) is 53.1 Å². The fourth-order valence-electron chi connectivity index (χ4n) is 3.47. The molecule has 0 aliphatic carbocycles. The van der Waals surface area contributed by atoms with Crippen LogP contribution < -0.4 is 16.0 Å². The summed E-state index contributed by atoms with van der Waals surface area (Å²) < 4.78 is 0. The summed E-state index contributed by atoms with van der Waals surface area (Å²) in [5, 5.41) is 18.7. The minimum Gasteiger partial charge on any atom is -0.349 e. The minimum atomic E-state index is -0.281. The van der Waals surface area contributed by atoms with E-state index in [1.165, 1.54) is 23.0 Å².